The van der Waals surface area contributed by atoms with Crippen molar-refractivity contribution in [1.29, 1.82) is 0 Å². The van der Waals surface area contributed by atoms with Gasteiger partial charge in [-0.1, -0.05) is 12.1 Å². The zero-order chi connectivity index (χ0) is 22.6. The standard InChI is InChI=1S/C21H29F3O5/c1-19(2,3)18(27)28-12-16(17(26)29-20(4,5)6)15(11-25)13-7-9-14(10-8-13)21(22,23)24/h7-10,15-16,25H,11-12H2,1-6H3/t15-,16+/m1/s1. The lowest BCUT2D eigenvalue weighted by molar-refractivity contribution is -0.168. The number of benzene rings is 1. The molecule has 0 amide bonds. The number of alkyl halides is 3. The van der Waals surface area contributed by atoms with E-state index in [0.29, 0.717) is 5.56 Å². The predicted octanol–water partition coefficient (Wildman–Crippen LogP) is 4.33. The van der Waals surface area contributed by atoms with Crippen LogP contribution in [0.2, 0.25) is 0 Å². The van der Waals surface area contributed by atoms with Gasteiger partial charge in [0.2, 0.25) is 0 Å². The molecule has 29 heavy (non-hydrogen) atoms. The number of hydrogen-bond donors (Lipinski definition) is 1. The summed E-state index contributed by atoms with van der Waals surface area (Å²) in [5.41, 5.74) is -2.17. The molecule has 0 aliphatic heterocycles. The van der Waals surface area contributed by atoms with Gasteiger partial charge in [-0.15, -0.1) is 0 Å². The Kier molecular flexibility index (Phi) is 7.87. The molecular formula is C21H29F3O5. The molecule has 8 heteroatoms. The molecule has 0 aromatic heterocycles. The number of carbonyl (C=O) groups is 2. The van der Waals surface area contributed by atoms with Crippen LogP contribution in [0.5, 0.6) is 0 Å². The molecule has 2 atom stereocenters. The molecule has 1 rings (SSSR count). The van der Waals surface area contributed by atoms with Crippen LogP contribution in [0, 0.1) is 11.3 Å². The van der Waals surface area contributed by atoms with Gasteiger partial charge in [0.1, 0.15) is 18.1 Å². The lowest BCUT2D eigenvalue weighted by Crippen LogP contribution is -2.37. The SMILES string of the molecule is CC(C)(C)OC(=O)[C@@H](COC(=O)C(C)(C)C)[C@H](CO)c1ccc(C(F)(F)F)cc1. The summed E-state index contributed by atoms with van der Waals surface area (Å²) in [6, 6.07) is 4.16. The minimum absolute atomic E-state index is 0.308. The molecule has 0 fully saturated rings. The minimum Gasteiger partial charge on any atom is -0.464 e. The molecule has 1 aromatic carbocycles. The molecule has 1 N–H and O–H groups in total. The smallest absolute Gasteiger partial charge is 0.416 e. The fourth-order valence-electron chi connectivity index (χ4n) is 2.49. The van der Waals surface area contributed by atoms with Gasteiger partial charge < -0.3 is 14.6 Å². The number of ether oxygens (including phenoxy) is 2. The van der Waals surface area contributed by atoms with E-state index in [4.69, 9.17) is 9.47 Å². The van der Waals surface area contributed by atoms with Gasteiger partial charge in [0.25, 0.3) is 0 Å². The van der Waals surface area contributed by atoms with Crippen molar-refractivity contribution in [1.82, 2.24) is 0 Å². The van der Waals surface area contributed by atoms with Crippen LogP contribution in [0.1, 0.15) is 58.6 Å². The maximum absolute atomic E-state index is 12.8. The predicted molar refractivity (Wildman–Crippen MR) is 101 cm³/mol. The number of aliphatic hydroxyl groups is 1. The van der Waals surface area contributed by atoms with E-state index in [1.165, 1.54) is 12.1 Å². The van der Waals surface area contributed by atoms with Crippen LogP contribution in [0.4, 0.5) is 13.2 Å². The highest BCUT2D eigenvalue weighted by Crippen LogP contribution is 2.33. The summed E-state index contributed by atoms with van der Waals surface area (Å²) in [7, 11) is 0. The third-order valence-corrected chi connectivity index (χ3v) is 4.06. The Morgan fingerprint density at radius 1 is 1.00 bits per heavy atom. The van der Waals surface area contributed by atoms with Crippen molar-refractivity contribution in [3.05, 3.63) is 35.4 Å². The van der Waals surface area contributed by atoms with E-state index in [-0.39, 0.29) is 6.61 Å². The lowest BCUT2D eigenvalue weighted by atomic mass is 9.86. The number of carbonyl (C=O) groups excluding carboxylic acids is 2. The normalized spacial score (nSPS) is 14.8. The molecule has 1 aromatic rings. The first-order valence-electron chi connectivity index (χ1n) is 9.24. The fourth-order valence-corrected chi connectivity index (χ4v) is 2.49. The van der Waals surface area contributed by atoms with Crippen molar-refractivity contribution in [2.24, 2.45) is 11.3 Å². The van der Waals surface area contributed by atoms with E-state index in [1.807, 2.05) is 0 Å². The van der Waals surface area contributed by atoms with E-state index in [2.05, 4.69) is 0 Å². The van der Waals surface area contributed by atoms with Gasteiger partial charge in [0.15, 0.2) is 0 Å². The largest absolute Gasteiger partial charge is 0.464 e. The topological polar surface area (TPSA) is 72.8 Å². The van der Waals surface area contributed by atoms with Crippen molar-refractivity contribution >= 4 is 11.9 Å². The molecule has 0 radical (unpaired) electrons. The van der Waals surface area contributed by atoms with E-state index < -0.39 is 53.1 Å². The second-order valence-electron chi connectivity index (χ2n) is 8.90. The first kappa shape index (κ1) is 24.9. The summed E-state index contributed by atoms with van der Waals surface area (Å²) < 4.78 is 49.1. The third-order valence-electron chi connectivity index (χ3n) is 4.06. The fraction of sp³-hybridized carbons (Fsp3) is 0.619. The Labute approximate surface area is 169 Å². The number of aliphatic hydroxyl groups excluding tert-OH is 1. The maximum Gasteiger partial charge on any atom is 0.416 e. The molecule has 0 aliphatic rings. The van der Waals surface area contributed by atoms with Crippen molar-refractivity contribution in [2.75, 3.05) is 13.2 Å². The average molecular weight is 418 g/mol. The Bertz CT molecular complexity index is 697. The van der Waals surface area contributed by atoms with Crippen LogP contribution in [0.15, 0.2) is 24.3 Å². The molecule has 5 nitrogen and oxygen atoms in total. The van der Waals surface area contributed by atoms with E-state index >= 15 is 0 Å². The third kappa shape index (κ3) is 7.68. The maximum atomic E-state index is 12.8. The second-order valence-corrected chi connectivity index (χ2v) is 8.90. The van der Waals surface area contributed by atoms with Crippen LogP contribution >= 0.6 is 0 Å². The van der Waals surface area contributed by atoms with Crippen LogP contribution < -0.4 is 0 Å². The first-order valence-corrected chi connectivity index (χ1v) is 9.24. The monoisotopic (exact) mass is 418 g/mol. The van der Waals surface area contributed by atoms with Crippen molar-refractivity contribution < 1.29 is 37.3 Å². The van der Waals surface area contributed by atoms with Crippen LogP contribution in [0.25, 0.3) is 0 Å². The highest BCUT2D eigenvalue weighted by molar-refractivity contribution is 5.77. The highest BCUT2D eigenvalue weighted by Gasteiger charge is 2.36. The summed E-state index contributed by atoms with van der Waals surface area (Å²) in [5, 5.41) is 9.88. The van der Waals surface area contributed by atoms with Gasteiger partial charge in [-0.25, -0.2) is 0 Å². The molecule has 164 valence electrons. The second kappa shape index (κ2) is 9.15. The summed E-state index contributed by atoms with van der Waals surface area (Å²) in [6.07, 6.45) is -4.50. The minimum atomic E-state index is -4.50. The van der Waals surface area contributed by atoms with Crippen molar-refractivity contribution in [3.63, 3.8) is 0 Å². The Balaban J connectivity index is 3.18. The zero-order valence-electron chi connectivity index (χ0n) is 17.6. The average Bonchev–Trinajstić information content (AvgIpc) is 2.55. The molecule has 0 unspecified atom stereocenters. The first-order chi connectivity index (χ1) is 13.1. The van der Waals surface area contributed by atoms with E-state index in [9.17, 15) is 27.9 Å². The summed E-state index contributed by atoms with van der Waals surface area (Å²) in [5.74, 6) is -3.24. The van der Waals surface area contributed by atoms with Gasteiger partial charge in [0, 0.05) is 5.92 Å². The summed E-state index contributed by atoms with van der Waals surface area (Å²) >= 11 is 0. The van der Waals surface area contributed by atoms with Gasteiger partial charge >= 0.3 is 18.1 Å². The van der Waals surface area contributed by atoms with Crippen LogP contribution in [-0.4, -0.2) is 35.9 Å². The van der Waals surface area contributed by atoms with Crippen LogP contribution in [0.3, 0.4) is 0 Å². The quantitative estimate of drug-likeness (QED) is 0.697. The molecule has 0 bridgehead atoms. The number of halogens is 3. The molecular weight excluding hydrogens is 389 g/mol. The molecule has 0 saturated heterocycles. The lowest BCUT2D eigenvalue weighted by Gasteiger charge is -2.29. The Morgan fingerprint density at radius 2 is 1.52 bits per heavy atom. The Morgan fingerprint density at radius 3 is 1.90 bits per heavy atom. The number of hydrogen-bond acceptors (Lipinski definition) is 5. The van der Waals surface area contributed by atoms with E-state index in [0.717, 1.165) is 12.1 Å². The molecule has 0 spiro atoms. The summed E-state index contributed by atoms with van der Waals surface area (Å²) in [6.45, 7) is 9.03. The highest BCUT2D eigenvalue weighted by atomic mass is 19.4. The van der Waals surface area contributed by atoms with Crippen LogP contribution in [-0.2, 0) is 25.2 Å². The van der Waals surface area contributed by atoms with E-state index in [1.54, 1.807) is 41.5 Å². The molecule has 0 saturated carbocycles. The van der Waals surface area contributed by atoms with Crippen molar-refractivity contribution in [3.8, 4) is 0 Å². The number of rotatable bonds is 6. The summed E-state index contributed by atoms with van der Waals surface area (Å²) in [4.78, 5) is 24.8. The van der Waals surface area contributed by atoms with Crippen molar-refractivity contribution in [2.45, 2.75) is 59.2 Å². The molecule has 0 aliphatic carbocycles. The van der Waals surface area contributed by atoms with Gasteiger partial charge in [-0.2, -0.15) is 13.2 Å². The van der Waals surface area contributed by atoms with Gasteiger partial charge in [0.05, 0.1) is 17.6 Å². The number of esters is 2. The zero-order valence-corrected chi connectivity index (χ0v) is 17.6. The molecule has 0 heterocycles. The Hall–Kier alpha value is -2.09. The van der Waals surface area contributed by atoms with Gasteiger partial charge in [-0.3, -0.25) is 9.59 Å². The van der Waals surface area contributed by atoms with Gasteiger partial charge in [-0.05, 0) is 59.2 Å².